The van der Waals surface area contributed by atoms with Crippen molar-refractivity contribution in [3.63, 3.8) is 0 Å². The number of nitrogens with one attached hydrogen (secondary N) is 1. The number of imidazole rings is 1. The van der Waals surface area contributed by atoms with Gasteiger partial charge in [-0.1, -0.05) is 0 Å². The third-order valence-corrected chi connectivity index (χ3v) is 3.71. The third kappa shape index (κ3) is 1.81. The van der Waals surface area contributed by atoms with E-state index in [1.807, 2.05) is 12.5 Å². The minimum atomic E-state index is 0.312. The highest BCUT2D eigenvalue weighted by atomic mass is 15.1. The fourth-order valence-electron chi connectivity index (χ4n) is 2.66. The van der Waals surface area contributed by atoms with Crippen LogP contribution in [-0.4, -0.2) is 21.6 Å². The van der Waals surface area contributed by atoms with Gasteiger partial charge in [0.15, 0.2) is 0 Å². The van der Waals surface area contributed by atoms with Gasteiger partial charge in [0.05, 0.1) is 6.33 Å². The SMILES string of the molecule is CC1(Cc2cncn2C2CC2)CCCN1. The zero-order valence-electron chi connectivity index (χ0n) is 9.37. The lowest BCUT2D eigenvalue weighted by Crippen LogP contribution is -2.38. The van der Waals surface area contributed by atoms with E-state index < -0.39 is 0 Å². The molecule has 1 unspecified atom stereocenters. The molecule has 0 amide bonds. The second-order valence-electron chi connectivity index (χ2n) is 5.29. The first-order chi connectivity index (χ1) is 7.27. The smallest absolute Gasteiger partial charge is 0.0950 e. The van der Waals surface area contributed by atoms with Crippen LogP contribution >= 0.6 is 0 Å². The van der Waals surface area contributed by atoms with Crippen molar-refractivity contribution in [2.24, 2.45) is 0 Å². The molecule has 3 nitrogen and oxygen atoms in total. The Morgan fingerprint density at radius 3 is 3.13 bits per heavy atom. The Labute approximate surface area is 90.9 Å². The van der Waals surface area contributed by atoms with E-state index >= 15 is 0 Å². The van der Waals surface area contributed by atoms with Gasteiger partial charge in [0, 0.05) is 29.9 Å². The monoisotopic (exact) mass is 205 g/mol. The summed E-state index contributed by atoms with van der Waals surface area (Å²) in [5.74, 6) is 0. The predicted molar refractivity (Wildman–Crippen MR) is 59.8 cm³/mol. The molecule has 1 aromatic heterocycles. The van der Waals surface area contributed by atoms with Gasteiger partial charge in [-0.15, -0.1) is 0 Å². The molecule has 1 N–H and O–H groups in total. The highest BCUT2D eigenvalue weighted by molar-refractivity contribution is 5.09. The van der Waals surface area contributed by atoms with Crippen LogP contribution in [-0.2, 0) is 6.42 Å². The molecule has 1 saturated carbocycles. The van der Waals surface area contributed by atoms with E-state index in [1.54, 1.807) is 0 Å². The topological polar surface area (TPSA) is 29.9 Å². The second kappa shape index (κ2) is 3.34. The van der Waals surface area contributed by atoms with E-state index in [-0.39, 0.29) is 0 Å². The third-order valence-electron chi connectivity index (χ3n) is 3.71. The van der Waals surface area contributed by atoms with E-state index in [0.717, 1.165) is 12.5 Å². The van der Waals surface area contributed by atoms with Gasteiger partial charge < -0.3 is 9.88 Å². The molecule has 82 valence electrons. The Hall–Kier alpha value is -0.830. The van der Waals surface area contributed by atoms with Crippen LogP contribution in [0.1, 0.15) is 44.3 Å². The Morgan fingerprint density at radius 1 is 1.60 bits per heavy atom. The molecule has 3 rings (SSSR count). The van der Waals surface area contributed by atoms with Gasteiger partial charge in [-0.25, -0.2) is 4.98 Å². The van der Waals surface area contributed by atoms with E-state index in [2.05, 4.69) is 21.8 Å². The van der Waals surface area contributed by atoms with Crippen molar-refractivity contribution in [3.8, 4) is 0 Å². The zero-order chi connectivity index (χ0) is 10.3. The summed E-state index contributed by atoms with van der Waals surface area (Å²) in [5.41, 5.74) is 1.72. The summed E-state index contributed by atoms with van der Waals surface area (Å²) in [6.45, 7) is 3.51. The van der Waals surface area contributed by atoms with Crippen molar-refractivity contribution < 1.29 is 0 Å². The Balaban J connectivity index is 1.77. The van der Waals surface area contributed by atoms with Crippen LogP contribution in [0.15, 0.2) is 12.5 Å². The molecule has 1 aromatic rings. The molecule has 1 atom stereocenters. The minimum absolute atomic E-state index is 0.312. The number of hydrogen-bond donors (Lipinski definition) is 1. The van der Waals surface area contributed by atoms with E-state index in [9.17, 15) is 0 Å². The molecule has 3 heteroatoms. The normalized spacial score (nSPS) is 31.0. The summed E-state index contributed by atoms with van der Waals surface area (Å²) in [5, 5.41) is 3.62. The minimum Gasteiger partial charge on any atom is -0.331 e. The van der Waals surface area contributed by atoms with E-state index in [1.165, 1.54) is 37.9 Å². The maximum absolute atomic E-state index is 4.29. The molecule has 0 spiro atoms. The first kappa shape index (κ1) is 9.40. The molecule has 2 aliphatic rings. The molecule has 1 aliphatic carbocycles. The summed E-state index contributed by atoms with van der Waals surface area (Å²) < 4.78 is 2.38. The molecule has 0 radical (unpaired) electrons. The first-order valence-electron chi connectivity index (χ1n) is 6.03. The largest absolute Gasteiger partial charge is 0.331 e. The molecular weight excluding hydrogens is 186 g/mol. The molecule has 1 saturated heterocycles. The first-order valence-corrected chi connectivity index (χ1v) is 6.03. The highest BCUT2D eigenvalue weighted by Gasteiger charge is 2.31. The van der Waals surface area contributed by atoms with Gasteiger partial charge in [-0.05, 0) is 39.2 Å². The quantitative estimate of drug-likeness (QED) is 0.817. The Bertz CT molecular complexity index is 346. The second-order valence-corrected chi connectivity index (χ2v) is 5.29. The lowest BCUT2D eigenvalue weighted by molar-refractivity contribution is 0.401. The van der Waals surface area contributed by atoms with Gasteiger partial charge in [0.1, 0.15) is 0 Å². The summed E-state index contributed by atoms with van der Waals surface area (Å²) in [6, 6.07) is 0.757. The maximum Gasteiger partial charge on any atom is 0.0950 e. The molecular formula is C12H19N3. The van der Waals surface area contributed by atoms with Crippen LogP contribution in [0.25, 0.3) is 0 Å². The molecule has 2 fully saturated rings. The number of rotatable bonds is 3. The van der Waals surface area contributed by atoms with Crippen molar-refractivity contribution >= 4 is 0 Å². The van der Waals surface area contributed by atoms with Gasteiger partial charge >= 0.3 is 0 Å². The molecule has 0 aromatic carbocycles. The van der Waals surface area contributed by atoms with Crippen molar-refractivity contribution in [2.45, 2.75) is 50.6 Å². The number of aromatic nitrogens is 2. The average Bonchev–Trinajstić information content (AvgIpc) is 2.82. The van der Waals surface area contributed by atoms with Gasteiger partial charge in [-0.3, -0.25) is 0 Å². The fraction of sp³-hybridized carbons (Fsp3) is 0.750. The lowest BCUT2D eigenvalue weighted by Gasteiger charge is -2.24. The Kier molecular flexibility index (Phi) is 2.09. The molecule has 15 heavy (non-hydrogen) atoms. The summed E-state index contributed by atoms with van der Waals surface area (Å²) in [7, 11) is 0. The molecule has 2 heterocycles. The van der Waals surface area contributed by atoms with Crippen LogP contribution in [0.3, 0.4) is 0 Å². The standard InChI is InChI=1S/C12H19N3/c1-12(5-2-6-14-12)7-11-8-13-9-15(11)10-3-4-10/h8-10,14H,2-7H2,1H3. The summed E-state index contributed by atoms with van der Waals surface area (Å²) in [6.07, 6.45) is 10.5. The summed E-state index contributed by atoms with van der Waals surface area (Å²) >= 11 is 0. The predicted octanol–water partition coefficient (Wildman–Crippen LogP) is 1.90. The van der Waals surface area contributed by atoms with Gasteiger partial charge in [0.25, 0.3) is 0 Å². The van der Waals surface area contributed by atoms with Crippen molar-refractivity contribution in [3.05, 3.63) is 18.2 Å². The van der Waals surface area contributed by atoms with Crippen LogP contribution in [0, 0.1) is 0 Å². The van der Waals surface area contributed by atoms with Crippen LogP contribution in [0.5, 0.6) is 0 Å². The molecule has 0 bridgehead atoms. The average molecular weight is 205 g/mol. The van der Waals surface area contributed by atoms with Crippen molar-refractivity contribution in [1.29, 1.82) is 0 Å². The van der Waals surface area contributed by atoms with Crippen LogP contribution in [0.4, 0.5) is 0 Å². The van der Waals surface area contributed by atoms with Gasteiger partial charge in [-0.2, -0.15) is 0 Å². The van der Waals surface area contributed by atoms with E-state index in [0.29, 0.717) is 5.54 Å². The Morgan fingerprint density at radius 2 is 2.47 bits per heavy atom. The fourth-order valence-corrected chi connectivity index (χ4v) is 2.66. The number of hydrogen-bond acceptors (Lipinski definition) is 2. The number of nitrogens with zero attached hydrogens (tertiary/aromatic N) is 2. The van der Waals surface area contributed by atoms with Crippen LogP contribution < -0.4 is 5.32 Å². The van der Waals surface area contributed by atoms with Crippen molar-refractivity contribution in [2.75, 3.05) is 6.54 Å². The summed E-state index contributed by atoms with van der Waals surface area (Å²) in [4.78, 5) is 4.29. The van der Waals surface area contributed by atoms with Crippen LogP contribution in [0.2, 0.25) is 0 Å². The van der Waals surface area contributed by atoms with E-state index in [4.69, 9.17) is 0 Å². The maximum atomic E-state index is 4.29. The molecule has 1 aliphatic heterocycles. The zero-order valence-corrected chi connectivity index (χ0v) is 9.37. The van der Waals surface area contributed by atoms with Crippen molar-refractivity contribution in [1.82, 2.24) is 14.9 Å². The highest BCUT2D eigenvalue weighted by Crippen LogP contribution is 2.36. The van der Waals surface area contributed by atoms with Gasteiger partial charge in [0.2, 0.25) is 0 Å². The lowest BCUT2D eigenvalue weighted by atomic mass is 9.94.